The van der Waals surface area contributed by atoms with E-state index in [1.54, 1.807) is 0 Å². The van der Waals surface area contributed by atoms with E-state index in [1.807, 2.05) is 0 Å². The largest absolute Gasteiger partial charge is 0.306 e. The zero-order chi connectivity index (χ0) is 63.0. The van der Waals surface area contributed by atoms with Crippen molar-refractivity contribution in [3.8, 4) is 56.9 Å². The minimum Gasteiger partial charge on any atom is -0.306 e. The Kier molecular flexibility index (Phi) is 11.8. The highest BCUT2D eigenvalue weighted by Crippen LogP contribution is 2.61. The average Bonchev–Trinajstić information content (AvgIpc) is 1.33. The smallest absolute Gasteiger partial charge is 0.168 e. The molecule has 0 N–H and O–H groups in total. The van der Waals surface area contributed by atoms with Crippen LogP contribution >= 0.6 is 0 Å². The van der Waals surface area contributed by atoms with E-state index in [-0.39, 0.29) is 0 Å². The number of aromatic nitrogens is 7. The Labute approximate surface area is 551 Å². The number of hydrogen-bond donors (Lipinski definition) is 0. The lowest BCUT2D eigenvalue weighted by Crippen LogP contribution is -2.27. The third kappa shape index (κ3) is 7.82. The zero-order valence-corrected chi connectivity index (χ0v) is 51.8. The van der Waals surface area contributed by atoms with Crippen molar-refractivity contribution in [3.63, 3.8) is 0 Å². The molecule has 19 aromatic rings. The first-order valence-electron chi connectivity index (χ1n) is 32.6. The van der Waals surface area contributed by atoms with Gasteiger partial charge in [-0.2, -0.15) is 0 Å². The maximum atomic E-state index is 6.02. The van der Waals surface area contributed by atoms with Gasteiger partial charge in [0.25, 0.3) is 0 Å². The average molecular weight is 1230 g/mol. The summed E-state index contributed by atoms with van der Waals surface area (Å²) < 4.78 is 10.2. The molecule has 14 aromatic carbocycles. The summed E-state index contributed by atoms with van der Waals surface area (Å²) in [4.78, 5) is 22.6. The second-order valence-electron chi connectivity index (χ2n) is 24.6. The molecule has 0 saturated carbocycles. The molecule has 96 heavy (non-hydrogen) atoms. The van der Waals surface area contributed by atoms with Crippen LogP contribution in [0.25, 0.3) is 144 Å². The van der Waals surface area contributed by atoms with Gasteiger partial charge in [-0.3, -0.25) is 0 Å². The fourth-order valence-corrected chi connectivity index (χ4v) is 15.6. The molecule has 0 spiro atoms. The number of hydrogen-bond acceptors (Lipinski definition) is 5. The van der Waals surface area contributed by atoms with Crippen LogP contribution in [-0.4, -0.2) is 33.2 Å². The Morgan fingerprint density at radius 2 is 0.406 bits per heavy atom. The normalized spacial score (nSPS) is 12.3. The lowest BCUT2D eigenvalue weighted by Gasteiger charge is -2.42. The standard InChI is InChI=1S/C87H55N9/c1-4-30-56(31-5-1)85-88-86(57-32-6-2-7-33-57)90-87(89-85)79-80(92-67-44-18-10-36-59(67)60-37-11-19-45-68(60)92)82(94-71-48-22-14-40-63(71)64-41-15-23-49-72(64)94)84(96-77-54-28-26-52-75(77)91(58-34-8-3-9-35-58)76-53-27-29-55-78(76)96)83(95-73-50-24-16-42-65(73)66-43-17-25-51-74(66)95)81(79)93-69-46-20-12-38-61(69)62-39-13-21-47-70(62)93/h1-55H. The maximum Gasteiger partial charge on any atom is 0.168 e. The molecule has 0 unspecified atom stereocenters. The van der Waals surface area contributed by atoms with Gasteiger partial charge < -0.3 is 28.1 Å². The molecule has 448 valence electrons. The van der Waals surface area contributed by atoms with Gasteiger partial charge in [-0.1, -0.05) is 249 Å². The summed E-state index contributed by atoms with van der Waals surface area (Å²) >= 11 is 0. The molecule has 1 aliphatic heterocycles. The molecule has 0 saturated heterocycles. The number of anilines is 6. The second-order valence-corrected chi connectivity index (χ2v) is 24.6. The van der Waals surface area contributed by atoms with Crippen LogP contribution in [0.2, 0.25) is 0 Å². The number of fused-ring (bicyclic) bond motifs is 14. The molecule has 5 aromatic heterocycles. The zero-order valence-electron chi connectivity index (χ0n) is 51.8. The topological polar surface area (TPSA) is 64.9 Å². The van der Waals surface area contributed by atoms with Crippen LogP contribution < -0.4 is 9.80 Å². The molecule has 20 rings (SSSR count). The summed E-state index contributed by atoms with van der Waals surface area (Å²) in [5.74, 6) is 1.57. The van der Waals surface area contributed by atoms with Crippen molar-refractivity contribution in [3.05, 3.63) is 334 Å². The monoisotopic (exact) mass is 1230 g/mol. The summed E-state index contributed by atoms with van der Waals surface area (Å²) in [5, 5.41) is 8.90. The quantitative estimate of drug-likeness (QED) is 0.144. The van der Waals surface area contributed by atoms with Crippen molar-refractivity contribution in [2.24, 2.45) is 0 Å². The van der Waals surface area contributed by atoms with Gasteiger partial charge in [-0.25, -0.2) is 15.0 Å². The third-order valence-corrected chi connectivity index (χ3v) is 19.5. The molecule has 0 aliphatic carbocycles. The first kappa shape index (κ1) is 53.5. The van der Waals surface area contributed by atoms with Gasteiger partial charge in [0.1, 0.15) is 0 Å². The lowest BCUT2D eigenvalue weighted by atomic mass is 9.97. The molecule has 0 bridgehead atoms. The Morgan fingerprint density at radius 1 is 0.177 bits per heavy atom. The van der Waals surface area contributed by atoms with Gasteiger partial charge in [0, 0.05) is 59.9 Å². The molecule has 0 amide bonds. The highest BCUT2D eigenvalue weighted by molar-refractivity contribution is 6.20. The Morgan fingerprint density at radius 3 is 0.708 bits per heavy atom. The first-order chi connectivity index (χ1) is 47.7. The molecule has 9 nitrogen and oxygen atoms in total. The molecular weight excluding hydrogens is 1170 g/mol. The van der Waals surface area contributed by atoms with E-state index in [9.17, 15) is 0 Å². The maximum absolute atomic E-state index is 6.02. The van der Waals surface area contributed by atoms with Gasteiger partial charge in [0.05, 0.1) is 101 Å². The number of para-hydroxylation sites is 13. The highest BCUT2D eigenvalue weighted by Gasteiger charge is 2.41. The van der Waals surface area contributed by atoms with Crippen LogP contribution in [0.15, 0.2) is 334 Å². The van der Waals surface area contributed by atoms with Crippen LogP contribution in [0, 0.1) is 0 Å². The van der Waals surface area contributed by atoms with E-state index in [0.717, 1.165) is 161 Å². The van der Waals surface area contributed by atoms with Gasteiger partial charge in [-0.15, -0.1) is 0 Å². The molecule has 0 radical (unpaired) electrons. The first-order valence-corrected chi connectivity index (χ1v) is 32.6. The van der Waals surface area contributed by atoms with Crippen molar-refractivity contribution in [2.45, 2.75) is 0 Å². The van der Waals surface area contributed by atoms with Crippen molar-refractivity contribution >= 4 is 121 Å². The molecule has 1 aliphatic rings. The Hall–Kier alpha value is -13.1. The number of benzene rings is 14. The summed E-state index contributed by atoms with van der Waals surface area (Å²) in [7, 11) is 0. The number of nitrogens with zero attached hydrogens (tertiary/aromatic N) is 9. The molecule has 0 fully saturated rings. The van der Waals surface area contributed by atoms with E-state index < -0.39 is 0 Å². The highest BCUT2D eigenvalue weighted by atomic mass is 15.3. The van der Waals surface area contributed by atoms with Crippen LogP contribution in [-0.2, 0) is 0 Å². The minimum atomic E-state index is 0.488. The summed E-state index contributed by atoms with van der Waals surface area (Å²) in [6.07, 6.45) is 0. The van der Waals surface area contributed by atoms with Gasteiger partial charge in [-0.05, 0) is 84.9 Å². The van der Waals surface area contributed by atoms with Crippen LogP contribution in [0.3, 0.4) is 0 Å². The van der Waals surface area contributed by atoms with Gasteiger partial charge >= 0.3 is 0 Å². The minimum absolute atomic E-state index is 0.488. The van der Waals surface area contributed by atoms with Crippen LogP contribution in [0.1, 0.15) is 0 Å². The molecule has 9 heteroatoms. The fraction of sp³-hybridized carbons (Fsp3) is 0. The van der Waals surface area contributed by atoms with E-state index in [0.29, 0.717) is 17.5 Å². The fourth-order valence-electron chi connectivity index (χ4n) is 15.6. The summed E-state index contributed by atoms with van der Waals surface area (Å²) in [6.45, 7) is 0. The van der Waals surface area contributed by atoms with Crippen molar-refractivity contribution in [2.75, 3.05) is 9.80 Å². The second kappa shape index (κ2) is 21.2. The Balaban J connectivity index is 1.15. The molecular formula is C87H55N9. The summed E-state index contributed by atoms with van der Waals surface area (Å²) in [6, 6.07) is 121. The SMILES string of the molecule is c1ccc(-c2nc(-c3ccccc3)nc(-c3c(-n4c5ccccc5c5ccccc54)c(-n4c5ccccc5c5ccccc54)c(N4c5ccccc5N(c5ccccc5)c5ccccc54)c(-n4c5ccccc5c5ccccc54)c3-n3c4ccccc4c4ccccc43)n2)cc1. The third-order valence-electron chi connectivity index (χ3n) is 19.5. The Bertz CT molecular complexity index is 5790. The van der Waals surface area contributed by atoms with Crippen molar-refractivity contribution in [1.29, 1.82) is 0 Å². The molecule has 6 heterocycles. The number of rotatable bonds is 9. The van der Waals surface area contributed by atoms with E-state index >= 15 is 0 Å². The predicted octanol–water partition coefficient (Wildman–Crippen LogP) is 22.5. The molecule has 0 atom stereocenters. The van der Waals surface area contributed by atoms with E-state index in [4.69, 9.17) is 15.0 Å². The predicted molar refractivity (Wildman–Crippen MR) is 396 cm³/mol. The van der Waals surface area contributed by atoms with Crippen LogP contribution in [0.5, 0.6) is 0 Å². The van der Waals surface area contributed by atoms with Crippen LogP contribution in [0.4, 0.5) is 34.1 Å². The lowest BCUT2D eigenvalue weighted by molar-refractivity contribution is 1.01. The summed E-state index contributed by atoms with van der Waals surface area (Å²) in [5.41, 5.74) is 20.2. The van der Waals surface area contributed by atoms with Crippen molar-refractivity contribution in [1.82, 2.24) is 33.2 Å². The van der Waals surface area contributed by atoms with E-state index in [1.165, 1.54) is 0 Å². The van der Waals surface area contributed by atoms with E-state index in [2.05, 4.69) is 362 Å². The van der Waals surface area contributed by atoms with Crippen molar-refractivity contribution < 1.29 is 0 Å². The van der Waals surface area contributed by atoms with Gasteiger partial charge in [0.2, 0.25) is 0 Å². The van der Waals surface area contributed by atoms with Gasteiger partial charge in [0.15, 0.2) is 17.5 Å².